The van der Waals surface area contributed by atoms with E-state index in [1.807, 2.05) is 36.4 Å². The molecule has 3 aromatic rings. The van der Waals surface area contributed by atoms with Gasteiger partial charge in [-0.1, -0.05) is 18.1 Å². The van der Waals surface area contributed by atoms with E-state index in [4.69, 9.17) is 15.8 Å². The van der Waals surface area contributed by atoms with Crippen LogP contribution in [0.3, 0.4) is 0 Å². The molecule has 1 aliphatic rings. The second-order valence-electron chi connectivity index (χ2n) is 6.72. The molecule has 4 rings (SSSR count). The molecule has 140 valence electrons. The maximum absolute atomic E-state index is 12.1. The molecule has 28 heavy (non-hydrogen) atoms. The van der Waals surface area contributed by atoms with Gasteiger partial charge in [0.05, 0.1) is 11.8 Å². The Morgan fingerprint density at radius 1 is 1.18 bits per heavy atom. The second kappa shape index (κ2) is 7.95. The number of benzene rings is 1. The maximum atomic E-state index is 12.1. The maximum Gasteiger partial charge on any atom is 0.338 e. The largest absolute Gasteiger partial charge is 0.478 e. The SMILES string of the molecule is C#Cc1ccc(CSc2nc(-c3ccco3)c3c(c2C(=O)O)CCCC3)cc1. The van der Waals surface area contributed by atoms with E-state index in [1.165, 1.54) is 11.8 Å². The molecule has 0 atom stereocenters. The zero-order valence-corrected chi connectivity index (χ0v) is 16.1. The van der Waals surface area contributed by atoms with Crippen LogP contribution < -0.4 is 0 Å². The topological polar surface area (TPSA) is 63.3 Å². The molecule has 0 aliphatic heterocycles. The Balaban J connectivity index is 1.75. The Kier molecular flexibility index (Phi) is 5.23. The zero-order chi connectivity index (χ0) is 19.5. The molecule has 1 aliphatic carbocycles. The van der Waals surface area contributed by atoms with E-state index >= 15 is 0 Å². The first-order chi connectivity index (χ1) is 13.7. The number of aromatic nitrogens is 1. The Morgan fingerprint density at radius 2 is 1.93 bits per heavy atom. The van der Waals surface area contributed by atoms with Gasteiger partial charge in [-0.3, -0.25) is 0 Å². The van der Waals surface area contributed by atoms with Crippen molar-refractivity contribution in [2.75, 3.05) is 0 Å². The number of pyridine rings is 1. The summed E-state index contributed by atoms with van der Waals surface area (Å²) in [5, 5.41) is 10.5. The molecule has 5 heteroatoms. The van der Waals surface area contributed by atoms with Crippen LogP contribution in [0.4, 0.5) is 0 Å². The molecule has 0 bridgehead atoms. The lowest BCUT2D eigenvalue weighted by atomic mass is 9.87. The van der Waals surface area contributed by atoms with Gasteiger partial charge in [0.25, 0.3) is 0 Å². The van der Waals surface area contributed by atoms with Crippen LogP contribution in [0.2, 0.25) is 0 Å². The highest BCUT2D eigenvalue weighted by Crippen LogP contribution is 2.37. The number of fused-ring (bicyclic) bond motifs is 1. The lowest BCUT2D eigenvalue weighted by Gasteiger charge is -2.22. The van der Waals surface area contributed by atoms with Crippen molar-refractivity contribution in [1.29, 1.82) is 0 Å². The molecule has 0 amide bonds. The van der Waals surface area contributed by atoms with Crippen molar-refractivity contribution in [3.05, 3.63) is 70.5 Å². The predicted molar refractivity (Wildman–Crippen MR) is 109 cm³/mol. The number of carbonyl (C=O) groups is 1. The Bertz CT molecular complexity index is 1050. The molecule has 1 N–H and O–H groups in total. The molecule has 1 aromatic carbocycles. The average molecular weight is 389 g/mol. The average Bonchev–Trinajstić information content (AvgIpc) is 3.26. The summed E-state index contributed by atoms with van der Waals surface area (Å²) in [6.07, 6.45) is 10.7. The van der Waals surface area contributed by atoms with E-state index in [0.29, 0.717) is 22.1 Å². The van der Waals surface area contributed by atoms with Crippen molar-refractivity contribution in [2.24, 2.45) is 0 Å². The number of aromatic carboxylic acids is 1. The highest BCUT2D eigenvalue weighted by atomic mass is 32.2. The minimum Gasteiger partial charge on any atom is -0.478 e. The molecule has 0 radical (unpaired) electrons. The summed E-state index contributed by atoms with van der Waals surface area (Å²) < 4.78 is 5.59. The van der Waals surface area contributed by atoms with E-state index in [9.17, 15) is 9.90 Å². The van der Waals surface area contributed by atoms with E-state index in [1.54, 1.807) is 6.26 Å². The number of terminal acetylenes is 1. The normalized spacial score (nSPS) is 13.0. The lowest BCUT2D eigenvalue weighted by molar-refractivity contribution is 0.0690. The number of hydrogen-bond donors (Lipinski definition) is 1. The van der Waals surface area contributed by atoms with Crippen LogP contribution in [0, 0.1) is 12.3 Å². The quantitative estimate of drug-likeness (QED) is 0.480. The van der Waals surface area contributed by atoms with Crippen LogP contribution in [0.1, 0.15) is 45.5 Å². The predicted octanol–water partition coefficient (Wildman–Crippen LogP) is 5.19. The van der Waals surface area contributed by atoms with E-state index < -0.39 is 5.97 Å². The Hall–Kier alpha value is -2.97. The number of nitrogens with zero attached hydrogens (tertiary/aromatic N) is 1. The van der Waals surface area contributed by atoms with Gasteiger partial charge in [0.1, 0.15) is 10.7 Å². The minimum absolute atomic E-state index is 0.343. The molecular weight excluding hydrogens is 370 g/mol. The minimum atomic E-state index is -0.915. The van der Waals surface area contributed by atoms with Crippen molar-refractivity contribution in [2.45, 2.75) is 36.5 Å². The van der Waals surface area contributed by atoms with Gasteiger partial charge in [0.15, 0.2) is 5.76 Å². The van der Waals surface area contributed by atoms with Gasteiger partial charge in [-0.05, 0) is 66.6 Å². The van der Waals surface area contributed by atoms with Gasteiger partial charge in [-0.25, -0.2) is 9.78 Å². The molecule has 0 saturated carbocycles. The fourth-order valence-corrected chi connectivity index (χ4v) is 4.59. The number of thioether (sulfide) groups is 1. The van der Waals surface area contributed by atoms with Crippen LogP contribution in [-0.4, -0.2) is 16.1 Å². The summed E-state index contributed by atoms with van der Waals surface area (Å²) >= 11 is 1.44. The number of carboxylic acid groups (broad SMARTS) is 1. The van der Waals surface area contributed by atoms with Crippen molar-refractivity contribution in [3.63, 3.8) is 0 Å². The van der Waals surface area contributed by atoms with Crippen molar-refractivity contribution >= 4 is 17.7 Å². The number of furan rings is 1. The smallest absolute Gasteiger partial charge is 0.338 e. The van der Waals surface area contributed by atoms with Gasteiger partial charge in [-0.15, -0.1) is 18.2 Å². The van der Waals surface area contributed by atoms with Crippen LogP contribution in [0.15, 0.2) is 52.1 Å². The zero-order valence-electron chi connectivity index (χ0n) is 15.3. The van der Waals surface area contributed by atoms with Crippen molar-refractivity contribution in [1.82, 2.24) is 4.98 Å². The van der Waals surface area contributed by atoms with Crippen molar-refractivity contribution < 1.29 is 14.3 Å². The third-order valence-electron chi connectivity index (χ3n) is 4.95. The third kappa shape index (κ3) is 3.56. The fourth-order valence-electron chi connectivity index (χ4n) is 3.59. The van der Waals surface area contributed by atoms with Crippen molar-refractivity contribution in [3.8, 4) is 23.8 Å². The first-order valence-electron chi connectivity index (χ1n) is 9.18. The van der Waals surface area contributed by atoms with Gasteiger partial charge >= 0.3 is 5.97 Å². The second-order valence-corrected chi connectivity index (χ2v) is 7.68. The fraction of sp³-hybridized carbons (Fsp3) is 0.217. The highest BCUT2D eigenvalue weighted by Gasteiger charge is 2.27. The summed E-state index contributed by atoms with van der Waals surface area (Å²) in [6.45, 7) is 0. The summed E-state index contributed by atoms with van der Waals surface area (Å²) in [5.41, 5.74) is 4.93. The van der Waals surface area contributed by atoms with Gasteiger partial charge in [0, 0.05) is 11.3 Å². The summed E-state index contributed by atoms with van der Waals surface area (Å²) in [4.78, 5) is 16.8. The van der Waals surface area contributed by atoms with E-state index in [0.717, 1.165) is 53.6 Å². The Morgan fingerprint density at radius 3 is 2.57 bits per heavy atom. The number of hydrogen-bond acceptors (Lipinski definition) is 4. The van der Waals surface area contributed by atoms with E-state index in [-0.39, 0.29) is 0 Å². The standard InChI is InChI=1S/C23H19NO3S/c1-2-15-9-11-16(12-10-15)14-28-22-20(23(25)26)17-6-3-4-7-18(17)21(24-22)19-8-5-13-27-19/h1,5,8-13H,3-4,6-7,14H2,(H,25,26). The van der Waals surface area contributed by atoms with Crippen LogP contribution in [0.25, 0.3) is 11.5 Å². The van der Waals surface area contributed by atoms with Crippen LogP contribution in [-0.2, 0) is 18.6 Å². The Labute approximate surface area is 168 Å². The molecule has 0 unspecified atom stereocenters. The summed E-state index contributed by atoms with van der Waals surface area (Å²) in [6, 6.07) is 11.4. The monoisotopic (exact) mass is 389 g/mol. The highest BCUT2D eigenvalue weighted by molar-refractivity contribution is 7.98. The first kappa shape index (κ1) is 18.4. The van der Waals surface area contributed by atoms with E-state index in [2.05, 4.69) is 5.92 Å². The molecule has 2 aromatic heterocycles. The van der Waals surface area contributed by atoms with Crippen LogP contribution >= 0.6 is 11.8 Å². The third-order valence-corrected chi connectivity index (χ3v) is 5.99. The molecule has 0 saturated heterocycles. The van der Waals surface area contributed by atoms with Gasteiger partial charge < -0.3 is 9.52 Å². The first-order valence-corrected chi connectivity index (χ1v) is 10.2. The molecule has 0 fully saturated rings. The van der Waals surface area contributed by atoms with Gasteiger partial charge in [0.2, 0.25) is 0 Å². The molecule has 4 nitrogen and oxygen atoms in total. The molecular formula is C23H19NO3S. The number of carboxylic acids is 1. The molecule has 2 heterocycles. The number of rotatable bonds is 5. The lowest BCUT2D eigenvalue weighted by Crippen LogP contribution is -2.15. The molecule has 0 spiro atoms. The summed E-state index contributed by atoms with van der Waals surface area (Å²) in [5.74, 6) is 3.00. The van der Waals surface area contributed by atoms with Gasteiger partial charge in [-0.2, -0.15) is 0 Å². The summed E-state index contributed by atoms with van der Waals surface area (Å²) in [7, 11) is 0. The van der Waals surface area contributed by atoms with Crippen LogP contribution in [0.5, 0.6) is 0 Å².